The standard InChI is InChI=1S/C19H23N3O2/c1-3-15-4-6-16(7-5-15)20-13-12-19(24)22-18-10-8-17(9-11-18)21-14(2)23/h4-11,20H,3,12-13H2,1-2H3,(H,21,23)(H,22,24). The van der Waals surface area contributed by atoms with Gasteiger partial charge in [-0.1, -0.05) is 19.1 Å². The molecular formula is C19H23N3O2. The second kappa shape index (κ2) is 8.72. The lowest BCUT2D eigenvalue weighted by Crippen LogP contribution is -2.16. The molecule has 0 saturated heterocycles. The Labute approximate surface area is 142 Å². The summed E-state index contributed by atoms with van der Waals surface area (Å²) in [4.78, 5) is 22.9. The number of hydrogen-bond donors (Lipinski definition) is 3. The van der Waals surface area contributed by atoms with Crippen molar-refractivity contribution in [2.45, 2.75) is 26.7 Å². The highest BCUT2D eigenvalue weighted by Gasteiger charge is 2.03. The molecule has 0 atom stereocenters. The van der Waals surface area contributed by atoms with E-state index in [1.54, 1.807) is 24.3 Å². The van der Waals surface area contributed by atoms with Crippen LogP contribution >= 0.6 is 0 Å². The van der Waals surface area contributed by atoms with Crippen molar-refractivity contribution in [3.8, 4) is 0 Å². The van der Waals surface area contributed by atoms with Gasteiger partial charge in [-0.05, 0) is 48.4 Å². The molecule has 0 saturated carbocycles. The minimum Gasteiger partial charge on any atom is -0.385 e. The monoisotopic (exact) mass is 325 g/mol. The van der Waals surface area contributed by atoms with Crippen molar-refractivity contribution in [2.75, 3.05) is 22.5 Å². The van der Waals surface area contributed by atoms with Gasteiger partial charge in [-0.2, -0.15) is 0 Å². The Morgan fingerprint density at radius 2 is 1.38 bits per heavy atom. The van der Waals surface area contributed by atoms with Crippen LogP contribution in [0.1, 0.15) is 25.8 Å². The van der Waals surface area contributed by atoms with Crippen LogP contribution in [0.4, 0.5) is 17.1 Å². The highest BCUT2D eigenvalue weighted by molar-refractivity contribution is 5.92. The summed E-state index contributed by atoms with van der Waals surface area (Å²) < 4.78 is 0. The molecule has 126 valence electrons. The van der Waals surface area contributed by atoms with Crippen molar-refractivity contribution in [1.82, 2.24) is 0 Å². The highest BCUT2D eigenvalue weighted by atomic mass is 16.2. The second-order valence-corrected chi connectivity index (χ2v) is 5.53. The van der Waals surface area contributed by atoms with Crippen LogP contribution in [-0.4, -0.2) is 18.4 Å². The summed E-state index contributed by atoms with van der Waals surface area (Å²) in [6, 6.07) is 15.3. The van der Waals surface area contributed by atoms with Gasteiger partial charge in [0.25, 0.3) is 0 Å². The maximum Gasteiger partial charge on any atom is 0.226 e. The molecule has 0 spiro atoms. The fourth-order valence-corrected chi connectivity index (χ4v) is 2.24. The topological polar surface area (TPSA) is 70.2 Å². The predicted octanol–water partition coefficient (Wildman–Crippen LogP) is 3.65. The van der Waals surface area contributed by atoms with Crippen LogP contribution in [0.25, 0.3) is 0 Å². The van der Waals surface area contributed by atoms with E-state index >= 15 is 0 Å². The fourth-order valence-electron chi connectivity index (χ4n) is 2.24. The van der Waals surface area contributed by atoms with Crippen LogP contribution in [0.5, 0.6) is 0 Å². The molecule has 0 heterocycles. The highest BCUT2D eigenvalue weighted by Crippen LogP contribution is 2.14. The number of carbonyl (C=O) groups is 2. The average molecular weight is 325 g/mol. The lowest BCUT2D eigenvalue weighted by molar-refractivity contribution is -0.116. The second-order valence-electron chi connectivity index (χ2n) is 5.53. The molecule has 2 amide bonds. The first kappa shape index (κ1) is 17.5. The molecular weight excluding hydrogens is 302 g/mol. The van der Waals surface area contributed by atoms with Gasteiger partial charge < -0.3 is 16.0 Å². The van der Waals surface area contributed by atoms with E-state index in [9.17, 15) is 9.59 Å². The molecule has 0 aromatic heterocycles. The molecule has 2 aromatic carbocycles. The Bertz CT molecular complexity index is 679. The molecule has 2 rings (SSSR count). The number of hydrogen-bond acceptors (Lipinski definition) is 3. The van der Waals surface area contributed by atoms with Gasteiger partial charge in [0.1, 0.15) is 0 Å². The molecule has 0 bridgehead atoms. The Morgan fingerprint density at radius 3 is 1.92 bits per heavy atom. The number of carbonyl (C=O) groups excluding carboxylic acids is 2. The number of nitrogens with one attached hydrogen (secondary N) is 3. The van der Waals surface area contributed by atoms with E-state index in [-0.39, 0.29) is 11.8 Å². The summed E-state index contributed by atoms with van der Waals surface area (Å²) in [6.07, 6.45) is 1.40. The molecule has 5 nitrogen and oxygen atoms in total. The molecule has 0 fully saturated rings. The van der Waals surface area contributed by atoms with E-state index in [1.807, 2.05) is 12.1 Å². The molecule has 0 aliphatic rings. The van der Waals surface area contributed by atoms with E-state index in [2.05, 4.69) is 35.0 Å². The molecule has 3 N–H and O–H groups in total. The molecule has 5 heteroatoms. The largest absolute Gasteiger partial charge is 0.385 e. The van der Waals surface area contributed by atoms with E-state index in [0.29, 0.717) is 24.3 Å². The van der Waals surface area contributed by atoms with Crippen LogP contribution in [-0.2, 0) is 16.0 Å². The maximum atomic E-state index is 11.9. The van der Waals surface area contributed by atoms with E-state index < -0.39 is 0 Å². The van der Waals surface area contributed by atoms with Gasteiger partial charge in [-0.3, -0.25) is 9.59 Å². The Hall–Kier alpha value is -2.82. The Morgan fingerprint density at radius 1 is 0.833 bits per heavy atom. The zero-order chi connectivity index (χ0) is 17.4. The van der Waals surface area contributed by atoms with Gasteiger partial charge in [0.15, 0.2) is 0 Å². The molecule has 24 heavy (non-hydrogen) atoms. The molecule has 0 aliphatic heterocycles. The zero-order valence-corrected chi connectivity index (χ0v) is 14.1. The lowest BCUT2D eigenvalue weighted by Gasteiger charge is -2.09. The zero-order valence-electron chi connectivity index (χ0n) is 14.1. The van der Waals surface area contributed by atoms with E-state index in [0.717, 1.165) is 12.1 Å². The Kier molecular flexibility index (Phi) is 6.37. The smallest absolute Gasteiger partial charge is 0.226 e. The van der Waals surface area contributed by atoms with Crippen LogP contribution in [0.15, 0.2) is 48.5 Å². The first-order valence-electron chi connectivity index (χ1n) is 8.07. The van der Waals surface area contributed by atoms with Crippen molar-refractivity contribution in [1.29, 1.82) is 0 Å². The van der Waals surface area contributed by atoms with Crippen LogP contribution in [0.2, 0.25) is 0 Å². The predicted molar refractivity (Wildman–Crippen MR) is 98.3 cm³/mol. The first-order valence-corrected chi connectivity index (χ1v) is 8.07. The third-order valence-electron chi connectivity index (χ3n) is 3.53. The number of anilines is 3. The van der Waals surface area contributed by atoms with Crippen molar-refractivity contribution < 1.29 is 9.59 Å². The molecule has 0 unspecified atom stereocenters. The third-order valence-corrected chi connectivity index (χ3v) is 3.53. The number of benzene rings is 2. The molecule has 0 radical (unpaired) electrons. The minimum atomic E-state index is -0.121. The Balaban J connectivity index is 1.75. The lowest BCUT2D eigenvalue weighted by atomic mass is 10.1. The van der Waals surface area contributed by atoms with Gasteiger partial charge in [0, 0.05) is 37.0 Å². The van der Waals surface area contributed by atoms with Crippen molar-refractivity contribution in [2.24, 2.45) is 0 Å². The average Bonchev–Trinajstić information content (AvgIpc) is 2.57. The summed E-state index contributed by atoms with van der Waals surface area (Å²) in [7, 11) is 0. The van der Waals surface area contributed by atoms with Gasteiger partial charge >= 0.3 is 0 Å². The minimum absolute atomic E-state index is 0.0556. The quantitative estimate of drug-likeness (QED) is 0.728. The van der Waals surface area contributed by atoms with E-state index in [1.165, 1.54) is 12.5 Å². The number of amides is 2. The van der Waals surface area contributed by atoms with Crippen molar-refractivity contribution >= 4 is 28.9 Å². The fraction of sp³-hybridized carbons (Fsp3) is 0.263. The first-order chi connectivity index (χ1) is 11.6. The van der Waals surface area contributed by atoms with Gasteiger partial charge in [-0.15, -0.1) is 0 Å². The van der Waals surface area contributed by atoms with Crippen LogP contribution in [0, 0.1) is 0 Å². The summed E-state index contributed by atoms with van der Waals surface area (Å²) >= 11 is 0. The van der Waals surface area contributed by atoms with Crippen LogP contribution in [0.3, 0.4) is 0 Å². The van der Waals surface area contributed by atoms with Gasteiger partial charge in [0.05, 0.1) is 0 Å². The van der Waals surface area contributed by atoms with Crippen molar-refractivity contribution in [3.05, 3.63) is 54.1 Å². The van der Waals surface area contributed by atoms with Crippen LogP contribution < -0.4 is 16.0 Å². The third kappa shape index (κ3) is 5.76. The number of rotatable bonds is 7. The SMILES string of the molecule is CCc1ccc(NCCC(=O)Nc2ccc(NC(C)=O)cc2)cc1. The van der Waals surface area contributed by atoms with Gasteiger partial charge in [0.2, 0.25) is 11.8 Å². The summed E-state index contributed by atoms with van der Waals surface area (Å²) in [6.45, 7) is 4.15. The van der Waals surface area contributed by atoms with Crippen molar-refractivity contribution in [3.63, 3.8) is 0 Å². The van der Waals surface area contributed by atoms with E-state index in [4.69, 9.17) is 0 Å². The summed E-state index contributed by atoms with van der Waals surface area (Å²) in [5.74, 6) is -0.176. The van der Waals surface area contributed by atoms with Gasteiger partial charge in [-0.25, -0.2) is 0 Å². The normalized spacial score (nSPS) is 10.1. The summed E-state index contributed by atoms with van der Waals surface area (Å²) in [5.41, 5.74) is 3.72. The molecule has 0 aliphatic carbocycles. The molecule has 2 aromatic rings. The summed E-state index contributed by atoms with van der Waals surface area (Å²) in [5, 5.41) is 8.75. The number of aryl methyl sites for hydroxylation is 1. The maximum absolute atomic E-state index is 11.9.